The molecule has 38 heavy (non-hydrogen) atoms. The topological polar surface area (TPSA) is 106 Å². The molecule has 0 aliphatic heterocycles. The number of nitrogens with zero attached hydrogens (tertiary/aromatic N) is 6. The molecule has 0 unspecified atom stereocenters. The predicted molar refractivity (Wildman–Crippen MR) is 140 cm³/mol. The number of carbonyl (C=O) groups excluding carboxylic acids is 1. The minimum atomic E-state index is -0.443. The number of aryl methyl sites for hydroxylation is 2. The van der Waals surface area contributed by atoms with Gasteiger partial charge in [0.1, 0.15) is 16.8 Å². The Morgan fingerprint density at radius 2 is 1.97 bits per heavy atom. The molecule has 1 fully saturated rings. The molecule has 4 aromatic rings. The molecular weight excluding hydrogens is 484 g/mol. The number of esters is 1. The van der Waals surface area contributed by atoms with Gasteiger partial charge in [-0.15, -0.1) is 0 Å². The highest BCUT2D eigenvalue weighted by Crippen LogP contribution is 2.48. The van der Waals surface area contributed by atoms with E-state index in [0.29, 0.717) is 48.2 Å². The van der Waals surface area contributed by atoms with Gasteiger partial charge in [0.05, 0.1) is 38.3 Å². The second kappa shape index (κ2) is 10.4. The van der Waals surface area contributed by atoms with Crippen LogP contribution in [0.15, 0.2) is 30.7 Å². The molecule has 10 nitrogen and oxygen atoms in total. The number of hydrogen-bond donors (Lipinski definition) is 0. The molecular formula is C28H32N6O4. The third-order valence-corrected chi connectivity index (χ3v) is 7.23. The lowest BCUT2D eigenvalue weighted by atomic mass is 9.86. The van der Waals surface area contributed by atoms with Crippen molar-refractivity contribution in [1.82, 2.24) is 29.5 Å². The molecule has 0 amide bonds. The summed E-state index contributed by atoms with van der Waals surface area (Å²) < 4.78 is 20.2. The molecule has 3 aromatic heterocycles. The number of rotatable bonds is 10. The molecule has 1 saturated carbocycles. The van der Waals surface area contributed by atoms with Gasteiger partial charge in [0, 0.05) is 24.7 Å². The first-order valence-corrected chi connectivity index (χ1v) is 13.4. The summed E-state index contributed by atoms with van der Waals surface area (Å²) in [5.41, 5.74) is 6.21. The van der Waals surface area contributed by atoms with Crippen LogP contribution < -0.4 is 9.47 Å². The summed E-state index contributed by atoms with van der Waals surface area (Å²) in [6.07, 6.45) is 12.9. The Morgan fingerprint density at radius 1 is 1.11 bits per heavy atom. The van der Waals surface area contributed by atoms with E-state index in [1.165, 1.54) is 66.7 Å². The Morgan fingerprint density at radius 3 is 2.79 bits per heavy atom. The van der Waals surface area contributed by atoms with Crippen molar-refractivity contribution in [2.45, 2.75) is 64.3 Å². The number of methoxy groups -OCH3 is 1. The molecule has 0 atom stereocenters. The highest BCUT2D eigenvalue weighted by Gasteiger charge is 2.31. The van der Waals surface area contributed by atoms with Gasteiger partial charge in [0.25, 0.3) is 5.95 Å². The van der Waals surface area contributed by atoms with Gasteiger partial charge in [0.15, 0.2) is 0 Å². The van der Waals surface area contributed by atoms with Crippen molar-refractivity contribution in [3.63, 3.8) is 0 Å². The zero-order chi connectivity index (χ0) is 26.1. The van der Waals surface area contributed by atoms with Gasteiger partial charge in [-0.25, -0.2) is 14.5 Å². The predicted octanol–water partition coefficient (Wildman–Crippen LogP) is 4.42. The molecule has 0 saturated heterocycles. The summed E-state index contributed by atoms with van der Waals surface area (Å²) in [5.74, 6) is 1.97. The summed E-state index contributed by atoms with van der Waals surface area (Å²) in [6.45, 7) is 3.29. The van der Waals surface area contributed by atoms with Crippen molar-refractivity contribution < 1.29 is 19.0 Å². The number of ether oxygens (including phenoxy) is 3. The summed E-state index contributed by atoms with van der Waals surface area (Å²) in [7, 11) is 1.56. The monoisotopic (exact) mass is 516 g/mol. The molecule has 0 spiro atoms. The van der Waals surface area contributed by atoms with Crippen LogP contribution in [0.5, 0.6) is 11.6 Å². The fourth-order valence-electron chi connectivity index (χ4n) is 5.30. The average molecular weight is 517 g/mol. The molecule has 1 aromatic carbocycles. The molecule has 2 aliphatic carbocycles. The maximum absolute atomic E-state index is 12.0. The van der Waals surface area contributed by atoms with Crippen LogP contribution in [0.4, 0.5) is 0 Å². The van der Waals surface area contributed by atoms with Crippen LogP contribution in [0, 0.1) is 0 Å². The zero-order valence-electron chi connectivity index (χ0n) is 21.9. The van der Waals surface area contributed by atoms with Crippen LogP contribution >= 0.6 is 0 Å². The number of benzene rings is 1. The Labute approximate surface area is 220 Å². The Hall–Kier alpha value is -3.95. The number of fused-ring (bicyclic) bond motifs is 2. The van der Waals surface area contributed by atoms with E-state index in [1.54, 1.807) is 25.8 Å². The van der Waals surface area contributed by atoms with Crippen molar-refractivity contribution in [3.8, 4) is 17.6 Å². The first kappa shape index (κ1) is 24.4. The fraction of sp³-hybridized carbons (Fsp3) is 0.464. The average Bonchev–Trinajstić information content (AvgIpc) is 3.50. The third-order valence-electron chi connectivity index (χ3n) is 7.23. The second-order valence-electron chi connectivity index (χ2n) is 9.83. The normalized spacial score (nSPS) is 14.9. The lowest BCUT2D eigenvalue weighted by Gasteiger charge is -2.22. The van der Waals surface area contributed by atoms with E-state index in [0.717, 1.165) is 12.2 Å². The molecule has 0 N–H and O–H groups in total. The molecule has 198 valence electrons. The van der Waals surface area contributed by atoms with E-state index in [9.17, 15) is 4.79 Å². The molecule has 0 radical (unpaired) electrons. The summed E-state index contributed by atoms with van der Waals surface area (Å²) in [6, 6.07) is 4.45. The molecule has 0 bridgehead atoms. The van der Waals surface area contributed by atoms with Gasteiger partial charge in [0.2, 0.25) is 5.88 Å². The second-order valence-corrected chi connectivity index (χ2v) is 9.83. The van der Waals surface area contributed by atoms with Gasteiger partial charge in [-0.1, -0.05) is 6.07 Å². The molecule has 2 aliphatic rings. The minimum Gasteiger partial charge on any atom is -0.493 e. The largest absolute Gasteiger partial charge is 0.493 e. The summed E-state index contributed by atoms with van der Waals surface area (Å²) in [4.78, 5) is 21.1. The SMILES string of the molecule is CCOC(=O)c1cnn(-c2nc(OC)c3c(cnn3CCCOc3ccc4c(c3C3CC3)CCCC4)n2)c1. The van der Waals surface area contributed by atoms with Crippen LogP contribution in [0.2, 0.25) is 0 Å². The van der Waals surface area contributed by atoms with Crippen molar-refractivity contribution in [2.75, 3.05) is 20.3 Å². The zero-order valence-corrected chi connectivity index (χ0v) is 21.9. The van der Waals surface area contributed by atoms with Crippen molar-refractivity contribution in [3.05, 3.63) is 53.0 Å². The highest BCUT2D eigenvalue weighted by atomic mass is 16.5. The molecule has 6 rings (SSSR count). The van der Waals surface area contributed by atoms with E-state index in [2.05, 4.69) is 32.3 Å². The highest BCUT2D eigenvalue weighted by molar-refractivity contribution is 5.88. The standard InChI is InChI=1S/C28H32N6O4/c1-3-37-27(35)20-15-29-34(17-20)28-31-22-16-30-33(25(22)26(32-28)36-2)13-6-14-38-23-12-11-18-7-4-5-8-21(18)24(23)19-9-10-19/h11-12,15-17,19H,3-10,13-14H2,1-2H3. The summed E-state index contributed by atoms with van der Waals surface area (Å²) in [5, 5.41) is 8.74. The Bertz CT molecular complexity index is 1470. The van der Waals surface area contributed by atoms with E-state index >= 15 is 0 Å². The smallest absolute Gasteiger partial charge is 0.341 e. The third kappa shape index (κ3) is 4.70. The number of carbonyl (C=O) groups is 1. The fourth-order valence-corrected chi connectivity index (χ4v) is 5.30. The number of hydrogen-bond acceptors (Lipinski definition) is 8. The van der Waals surface area contributed by atoms with Crippen LogP contribution in [-0.4, -0.2) is 55.8 Å². The first-order chi connectivity index (χ1) is 18.7. The van der Waals surface area contributed by atoms with Gasteiger partial charge in [-0.3, -0.25) is 4.68 Å². The lowest BCUT2D eigenvalue weighted by molar-refractivity contribution is 0.0526. The number of aromatic nitrogens is 6. The van der Waals surface area contributed by atoms with Gasteiger partial charge >= 0.3 is 5.97 Å². The molecule has 3 heterocycles. The summed E-state index contributed by atoms with van der Waals surface area (Å²) >= 11 is 0. The quantitative estimate of drug-likeness (QED) is 0.225. The van der Waals surface area contributed by atoms with Crippen LogP contribution in [0.25, 0.3) is 17.0 Å². The van der Waals surface area contributed by atoms with Gasteiger partial charge in [-0.2, -0.15) is 15.2 Å². The van der Waals surface area contributed by atoms with E-state index in [1.807, 2.05) is 4.68 Å². The first-order valence-electron chi connectivity index (χ1n) is 13.4. The van der Waals surface area contributed by atoms with Crippen molar-refractivity contribution in [2.24, 2.45) is 0 Å². The van der Waals surface area contributed by atoms with E-state index in [-0.39, 0.29) is 5.95 Å². The Kier molecular flexibility index (Phi) is 6.70. The van der Waals surface area contributed by atoms with Crippen molar-refractivity contribution >= 4 is 17.0 Å². The van der Waals surface area contributed by atoms with Crippen LogP contribution in [-0.2, 0) is 24.1 Å². The maximum atomic E-state index is 12.0. The van der Waals surface area contributed by atoms with Gasteiger partial charge in [-0.05, 0) is 68.6 Å². The van der Waals surface area contributed by atoms with Crippen LogP contribution in [0.1, 0.15) is 72.0 Å². The van der Waals surface area contributed by atoms with Gasteiger partial charge < -0.3 is 14.2 Å². The van der Waals surface area contributed by atoms with E-state index < -0.39 is 5.97 Å². The maximum Gasteiger partial charge on any atom is 0.341 e. The van der Waals surface area contributed by atoms with Crippen molar-refractivity contribution in [1.29, 1.82) is 0 Å². The Balaban J connectivity index is 1.16. The molecule has 10 heteroatoms. The lowest BCUT2D eigenvalue weighted by Crippen LogP contribution is -2.11. The minimum absolute atomic E-state index is 0.285. The van der Waals surface area contributed by atoms with Crippen LogP contribution in [0.3, 0.4) is 0 Å². The van der Waals surface area contributed by atoms with E-state index in [4.69, 9.17) is 14.2 Å².